The van der Waals surface area contributed by atoms with Crippen LogP contribution in [0.1, 0.15) is 6.23 Å². The van der Waals surface area contributed by atoms with E-state index in [0.29, 0.717) is 0 Å². The van der Waals surface area contributed by atoms with E-state index in [0.717, 1.165) is 11.2 Å². The van der Waals surface area contributed by atoms with Crippen molar-refractivity contribution in [1.29, 1.82) is 0 Å². The van der Waals surface area contributed by atoms with E-state index in [1.807, 2.05) is 0 Å². The molecule has 3 unspecified atom stereocenters. The quantitative estimate of drug-likeness (QED) is 0.179. The molecule has 2 aromatic rings. The van der Waals surface area contributed by atoms with Crippen LogP contribution in [-0.2, 0) is 27.3 Å². The number of aliphatic hydroxyl groups excluding tert-OH is 2. The number of fused-ring (bicyclic) bond motifs is 1. The van der Waals surface area contributed by atoms with Crippen LogP contribution in [-0.4, -0.2) is 74.2 Å². The molecule has 0 amide bonds. The van der Waals surface area contributed by atoms with Crippen molar-refractivity contribution in [3.8, 4) is 0 Å². The van der Waals surface area contributed by atoms with Crippen LogP contribution in [0.2, 0.25) is 0 Å². The van der Waals surface area contributed by atoms with Gasteiger partial charge in [0.25, 0.3) is 0 Å². The SMILES string of the molecule is Nc1ncnc2c1ncn2[C@@H]1O[C@H](COP(=O)(O)OP(=O)(O)NP(=O)(O)O)[C@@H](O)C1O. The second-order valence-electron chi connectivity index (χ2n) is 6.14. The van der Waals surface area contributed by atoms with Gasteiger partial charge in [0.05, 0.1) is 12.9 Å². The number of nitrogens with zero attached hydrogens (tertiary/aromatic N) is 4. The van der Waals surface area contributed by atoms with Crippen LogP contribution in [0.4, 0.5) is 5.82 Å². The Morgan fingerprint density at radius 3 is 2.45 bits per heavy atom. The highest BCUT2D eigenvalue weighted by atomic mass is 31.3. The summed E-state index contributed by atoms with van der Waals surface area (Å²) in [5.74, 6) is 0.0485. The van der Waals surface area contributed by atoms with Gasteiger partial charge in [0.1, 0.15) is 30.2 Å². The Kier molecular flexibility index (Phi) is 6.68. The third-order valence-electron chi connectivity index (χ3n) is 3.87. The van der Waals surface area contributed by atoms with E-state index in [2.05, 4.69) is 23.8 Å². The highest BCUT2D eigenvalue weighted by Gasteiger charge is 2.46. The molecule has 18 nitrogen and oxygen atoms in total. The average molecular weight is 506 g/mol. The van der Waals surface area contributed by atoms with Crippen LogP contribution in [0, 0.1) is 0 Å². The number of hydrogen-bond acceptors (Lipinski definition) is 12. The molecular formula is C10H17N6O12P3. The van der Waals surface area contributed by atoms with Gasteiger partial charge in [0.15, 0.2) is 17.7 Å². The molecule has 6 atom stereocenters. The number of rotatable bonds is 8. The van der Waals surface area contributed by atoms with E-state index in [1.54, 1.807) is 0 Å². The fraction of sp³-hybridized carbons (Fsp3) is 0.500. The molecule has 21 heteroatoms. The van der Waals surface area contributed by atoms with Crippen LogP contribution in [0.15, 0.2) is 12.7 Å². The third-order valence-corrected chi connectivity index (χ3v) is 8.11. The Balaban J connectivity index is 1.69. The molecule has 0 spiro atoms. The van der Waals surface area contributed by atoms with Crippen LogP contribution in [0.25, 0.3) is 11.2 Å². The summed E-state index contributed by atoms with van der Waals surface area (Å²) < 4.78 is 48.9. The summed E-state index contributed by atoms with van der Waals surface area (Å²) in [5, 5.41) is 20.4. The number of hydrogen-bond donors (Lipinski definition) is 8. The van der Waals surface area contributed by atoms with E-state index in [4.69, 9.17) is 20.3 Å². The number of nitrogen functional groups attached to an aromatic ring is 1. The first-order valence-corrected chi connectivity index (χ1v) is 12.7. The zero-order valence-electron chi connectivity index (χ0n) is 15.0. The molecule has 0 aromatic carbocycles. The summed E-state index contributed by atoms with van der Waals surface area (Å²) in [5.41, 5.74) is 6.02. The average Bonchev–Trinajstić information content (AvgIpc) is 3.13. The maximum Gasteiger partial charge on any atom is 0.480 e. The Hall–Kier alpha value is -1.36. The lowest BCUT2D eigenvalue weighted by atomic mass is 10.1. The summed E-state index contributed by atoms with van der Waals surface area (Å²) in [6.07, 6.45) is -3.62. The molecule has 2 aromatic heterocycles. The maximum atomic E-state index is 11.8. The Bertz CT molecular complexity index is 1110. The van der Waals surface area contributed by atoms with Gasteiger partial charge in [-0.1, -0.05) is 0 Å². The fourth-order valence-corrected chi connectivity index (χ4v) is 6.10. The van der Waals surface area contributed by atoms with Crippen molar-refractivity contribution < 1.29 is 57.1 Å². The van der Waals surface area contributed by atoms with Gasteiger partial charge in [0.2, 0.25) is 0 Å². The standard InChI is InChI=1S/C10H17N6O12P3/c11-8-5-9(13-2-12-8)16(3-14-5)10-7(18)6(17)4(27-10)1-26-31(24,25)28-30(22,23)15-29(19,20)21/h2-4,6-7,10,17-18H,1H2,(H,24,25)(H2,11,12,13)(H4,15,19,20,21,22,23)/t4-,6-,7?,10-/m1/s1. The molecule has 9 N–H and O–H groups in total. The van der Waals surface area contributed by atoms with Crippen molar-refractivity contribution in [2.75, 3.05) is 12.3 Å². The zero-order chi connectivity index (χ0) is 23.2. The van der Waals surface area contributed by atoms with Gasteiger partial charge in [-0.3, -0.25) is 9.09 Å². The zero-order valence-corrected chi connectivity index (χ0v) is 17.7. The smallest absolute Gasteiger partial charge is 0.387 e. The fourth-order valence-electron chi connectivity index (χ4n) is 2.67. The van der Waals surface area contributed by atoms with Gasteiger partial charge >= 0.3 is 23.3 Å². The molecule has 1 fully saturated rings. The molecule has 174 valence electrons. The Labute approximate surface area is 172 Å². The number of aromatic nitrogens is 4. The number of nitrogens with two attached hydrogens (primary N) is 1. The number of phosphoric ester groups is 1. The van der Waals surface area contributed by atoms with E-state index in [9.17, 15) is 33.7 Å². The summed E-state index contributed by atoms with van der Waals surface area (Å²) in [6, 6.07) is 0. The van der Waals surface area contributed by atoms with E-state index >= 15 is 0 Å². The number of anilines is 1. The number of aliphatic hydroxyl groups is 2. The molecule has 3 rings (SSSR count). The molecule has 31 heavy (non-hydrogen) atoms. The van der Waals surface area contributed by atoms with Crippen LogP contribution in [0.3, 0.4) is 0 Å². The molecule has 0 aliphatic carbocycles. The predicted octanol–water partition coefficient (Wildman–Crippen LogP) is -2.06. The van der Waals surface area contributed by atoms with Gasteiger partial charge in [0, 0.05) is 0 Å². The summed E-state index contributed by atoms with van der Waals surface area (Å²) >= 11 is 0. The molecule has 0 saturated carbocycles. The minimum absolute atomic E-state index is 0.0485. The van der Waals surface area contributed by atoms with Gasteiger partial charge in [-0.15, -0.1) is 4.86 Å². The summed E-state index contributed by atoms with van der Waals surface area (Å²) in [4.78, 5) is 48.5. The molecule has 1 aliphatic rings. The van der Waals surface area contributed by atoms with E-state index in [1.165, 1.54) is 10.9 Å². The molecule has 1 aliphatic heterocycles. The van der Waals surface area contributed by atoms with Crippen LogP contribution in [0.5, 0.6) is 0 Å². The second kappa shape index (κ2) is 8.53. The van der Waals surface area contributed by atoms with Crippen molar-refractivity contribution in [1.82, 2.24) is 24.4 Å². The topological polar surface area (TPSA) is 282 Å². The molecule has 3 heterocycles. The molecular weight excluding hydrogens is 489 g/mol. The summed E-state index contributed by atoms with van der Waals surface area (Å²) in [6.45, 7) is -0.928. The second-order valence-corrected chi connectivity index (χ2v) is 10.9. The predicted molar refractivity (Wildman–Crippen MR) is 97.5 cm³/mol. The van der Waals surface area contributed by atoms with Crippen molar-refractivity contribution in [2.24, 2.45) is 0 Å². The van der Waals surface area contributed by atoms with Crippen molar-refractivity contribution >= 4 is 40.3 Å². The molecule has 0 radical (unpaired) electrons. The van der Waals surface area contributed by atoms with Gasteiger partial charge in [-0.25, -0.2) is 28.6 Å². The normalized spacial score (nSPS) is 28.5. The largest absolute Gasteiger partial charge is 0.480 e. The van der Waals surface area contributed by atoms with Crippen LogP contribution >= 0.6 is 23.3 Å². The lowest BCUT2D eigenvalue weighted by Crippen LogP contribution is -2.33. The van der Waals surface area contributed by atoms with Gasteiger partial charge in [-0.05, 0) is 0 Å². The minimum atomic E-state index is -5.45. The maximum absolute atomic E-state index is 11.8. The highest BCUT2D eigenvalue weighted by Crippen LogP contribution is 2.61. The van der Waals surface area contributed by atoms with E-state index < -0.39 is 54.5 Å². The first-order valence-electron chi connectivity index (χ1n) is 8.00. The first-order chi connectivity index (χ1) is 14.2. The Morgan fingerprint density at radius 2 is 1.81 bits per heavy atom. The number of phosphoric acid groups is 1. The highest BCUT2D eigenvalue weighted by molar-refractivity contribution is 7.70. The number of ether oxygens (including phenoxy) is 1. The van der Waals surface area contributed by atoms with Crippen molar-refractivity contribution in [3.05, 3.63) is 12.7 Å². The van der Waals surface area contributed by atoms with Gasteiger partial charge < -0.3 is 40.3 Å². The van der Waals surface area contributed by atoms with Crippen molar-refractivity contribution in [3.63, 3.8) is 0 Å². The van der Waals surface area contributed by atoms with Gasteiger partial charge in [-0.2, -0.15) is 4.31 Å². The first kappa shape index (κ1) is 24.3. The lowest BCUT2D eigenvalue weighted by molar-refractivity contribution is -0.0502. The summed E-state index contributed by atoms with van der Waals surface area (Å²) in [7, 11) is -16.1. The molecule has 1 saturated heterocycles. The number of imidazole rings is 1. The lowest BCUT2D eigenvalue weighted by Gasteiger charge is -2.19. The van der Waals surface area contributed by atoms with Crippen LogP contribution < -0.4 is 10.6 Å². The minimum Gasteiger partial charge on any atom is -0.387 e. The van der Waals surface area contributed by atoms with E-state index in [-0.39, 0.29) is 17.0 Å². The Morgan fingerprint density at radius 1 is 1.13 bits per heavy atom. The number of nitrogens with one attached hydrogen (secondary N) is 1. The monoisotopic (exact) mass is 506 g/mol. The third kappa shape index (κ3) is 5.71. The van der Waals surface area contributed by atoms with Crippen molar-refractivity contribution in [2.45, 2.75) is 24.5 Å². The molecule has 0 bridgehead atoms.